The second kappa shape index (κ2) is 10.5. The first-order valence-electron chi connectivity index (χ1n) is 17.0. The number of anilines is 6. The van der Waals surface area contributed by atoms with Crippen LogP contribution in [0.25, 0.3) is 16.6 Å². The summed E-state index contributed by atoms with van der Waals surface area (Å²) in [5.74, 6) is 0. The summed E-state index contributed by atoms with van der Waals surface area (Å²) in [6, 6.07) is 53.9. The highest BCUT2D eigenvalue weighted by atomic mass is 15.2. The number of aryl methyl sites for hydroxylation is 1. The molecule has 0 N–H and O–H groups in total. The van der Waals surface area contributed by atoms with E-state index in [1.54, 1.807) is 5.56 Å². The highest BCUT2D eigenvalue weighted by molar-refractivity contribution is 7.00. The molecular formula is C43H34BN3. The molecule has 0 spiro atoms. The topological polar surface area (TPSA) is 11.4 Å². The predicted octanol–water partition coefficient (Wildman–Crippen LogP) is 8.98. The molecule has 10 rings (SSSR count). The van der Waals surface area contributed by atoms with Gasteiger partial charge in [-0.1, -0.05) is 91.3 Å². The molecule has 4 heteroatoms. The van der Waals surface area contributed by atoms with E-state index in [-0.39, 0.29) is 6.71 Å². The Hall–Kier alpha value is -5.48. The molecule has 0 bridgehead atoms. The molecule has 7 aromatic rings. The fourth-order valence-corrected chi connectivity index (χ4v) is 8.69. The second-order valence-electron chi connectivity index (χ2n) is 13.1. The van der Waals surface area contributed by atoms with Crippen molar-refractivity contribution in [3.63, 3.8) is 0 Å². The molecule has 3 nitrogen and oxygen atoms in total. The quantitative estimate of drug-likeness (QED) is 0.148. The van der Waals surface area contributed by atoms with Crippen molar-refractivity contribution in [1.29, 1.82) is 0 Å². The highest BCUT2D eigenvalue weighted by Crippen LogP contribution is 2.44. The fourth-order valence-electron chi connectivity index (χ4n) is 8.69. The number of benzene rings is 6. The SMILES string of the molecule is c1ccc(N2c3ccccc3B3c4ccc(-n5c6c(c7ccccc75)CCCCC6)cc4N(c4ccccc4)c4cccc2c43)cc1. The van der Waals surface area contributed by atoms with Gasteiger partial charge in [0, 0.05) is 50.9 Å². The molecule has 0 fully saturated rings. The fraction of sp³-hybridized carbons (Fsp3) is 0.116. The molecule has 2 aliphatic heterocycles. The number of para-hydroxylation sites is 4. The predicted molar refractivity (Wildman–Crippen MR) is 199 cm³/mol. The lowest BCUT2D eigenvalue weighted by atomic mass is 9.33. The summed E-state index contributed by atoms with van der Waals surface area (Å²) in [6.07, 6.45) is 6.11. The number of fused-ring (bicyclic) bond motifs is 7. The lowest BCUT2D eigenvalue weighted by Crippen LogP contribution is -2.61. The lowest BCUT2D eigenvalue weighted by Gasteiger charge is -2.44. The molecule has 1 aromatic heterocycles. The van der Waals surface area contributed by atoms with E-state index in [4.69, 9.17) is 0 Å². The molecule has 3 heterocycles. The molecule has 224 valence electrons. The Bertz CT molecular complexity index is 2310. The summed E-state index contributed by atoms with van der Waals surface area (Å²) in [7, 11) is 0. The van der Waals surface area contributed by atoms with Crippen molar-refractivity contribution < 1.29 is 0 Å². The number of nitrogens with zero attached hydrogens (tertiary/aromatic N) is 3. The number of hydrogen-bond acceptors (Lipinski definition) is 2. The second-order valence-corrected chi connectivity index (χ2v) is 13.1. The van der Waals surface area contributed by atoms with Gasteiger partial charge >= 0.3 is 0 Å². The standard InChI is InChI=1S/C43H34BN3/c1-4-15-30(16-5-1)45-39-24-13-11-21-35(39)44-36-28-27-32(47-37-22-9-3-8-19-33(37)34-20-10-12-23-38(34)47)29-42(36)46(31-17-6-2-7-18-31)41-26-14-25-40(45)43(41)44/h1-2,4-7,10-18,20-21,23-29H,3,8-9,19,22H2. The molecule has 3 aliphatic rings. The van der Waals surface area contributed by atoms with Gasteiger partial charge in [-0.05, 0) is 108 Å². The van der Waals surface area contributed by atoms with Gasteiger partial charge in [-0.2, -0.15) is 0 Å². The minimum absolute atomic E-state index is 0.125. The Kier molecular flexibility index (Phi) is 5.99. The summed E-state index contributed by atoms with van der Waals surface area (Å²) < 4.78 is 2.58. The van der Waals surface area contributed by atoms with E-state index in [1.807, 2.05) is 0 Å². The molecule has 0 unspecified atom stereocenters. The van der Waals surface area contributed by atoms with Gasteiger partial charge in [0.25, 0.3) is 6.71 Å². The van der Waals surface area contributed by atoms with Crippen molar-refractivity contribution in [3.05, 3.63) is 157 Å². The van der Waals surface area contributed by atoms with E-state index in [0.29, 0.717) is 0 Å². The Labute approximate surface area is 276 Å². The zero-order valence-corrected chi connectivity index (χ0v) is 26.3. The average Bonchev–Trinajstić information content (AvgIpc) is 3.25. The van der Waals surface area contributed by atoms with Crippen molar-refractivity contribution >= 4 is 68.1 Å². The zero-order chi connectivity index (χ0) is 30.9. The van der Waals surface area contributed by atoms with E-state index in [0.717, 1.165) is 12.8 Å². The Morgan fingerprint density at radius 1 is 0.447 bits per heavy atom. The van der Waals surface area contributed by atoms with Crippen molar-refractivity contribution in [1.82, 2.24) is 4.57 Å². The molecule has 47 heavy (non-hydrogen) atoms. The maximum atomic E-state index is 2.58. The molecule has 0 atom stereocenters. The first kappa shape index (κ1) is 26.7. The van der Waals surface area contributed by atoms with Gasteiger partial charge in [0.05, 0.1) is 5.52 Å². The summed E-state index contributed by atoms with van der Waals surface area (Å²) >= 11 is 0. The molecule has 0 saturated heterocycles. The van der Waals surface area contributed by atoms with E-state index >= 15 is 0 Å². The van der Waals surface area contributed by atoms with E-state index in [9.17, 15) is 0 Å². The number of rotatable bonds is 3. The Morgan fingerprint density at radius 3 is 1.85 bits per heavy atom. The van der Waals surface area contributed by atoms with Crippen LogP contribution in [0.1, 0.15) is 30.5 Å². The van der Waals surface area contributed by atoms with Gasteiger partial charge in [0.2, 0.25) is 0 Å². The first-order chi connectivity index (χ1) is 23.4. The Balaban J connectivity index is 1.26. The molecule has 6 aromatic carbocycles. The monoisotopic (exact) mass is 603 g/mol. The maximum Gasteiger partial charge on any atom is 0.252 e. The van der Waals surface area contributed by atoms with Crippen LogP contribution in [0.5, 0.6) is 0 Å². The average molecular weight is 604 g/mol. The summed E-state index contributed by atoms with van der Waals surface area (Å²) in [5, 5.41) is 1.42. The summed E-state index contributed by atoms with van der Waals surface area (Å²) in [4.78, 5) is 4.96. The van der Waals surface area contributed by atoms with Crippen LogP contribution in [0.4, 0.5) is 34.1 Å². The van der Waals surface area contributed by atoms with Gasteiger partial charge in [0.1, 0.15) is 0 Å². The van der Waals surface area contributed by atoms with Gasteiger partial charge in [0.15, 0.2) is 0 Å². The van der Waals surface area contributed by atoms with Crippen molar-refractivity contribution in [3.8, 4) is 5.69 Å². The Morgan fingerprint density at radius 2 is 1.06 bits per heavy atom. The van der Waals surface area contributed by atoms with Crippen LogP contribution >= 0.6 is 0 Å². The minimum atomic E-state index is 0.125. The van der Waals surface area contributed by atoms with Crippen LogP contribution in [0, 0.1) is 0 Å². The van der Waals surface area contributed by atoms with Crippen LogP contribution in [-0.2, 0) is 12.8 Å². The van der Waals surface area contributed by atoms with Crippen LogP contribution in [0.3, 0.4) is 0 Å². The van der Waals surface area contributed by atoms with Crippen molar-refractivity contribution in [2.24, 2.45) is 0 Å². The highest BCUT2D eigenvalue weighted by Gasteiger charge is 2.43. The van der Waals surface area contributed by atoms with Gasteiger partial charge in [-0.25, -0.2) is 0 Å². The number of aromatic nitrogens is 1. The van der Waals surface area contributed by atoms with E-state index < -0.39 is 0 Å². The lowest BCUT2D eigenvalue weighted by molar-refractivity contribution is 0.704. The summed E-state index contributed by atoms with van der Waals surface area (Å²) in [6.45, 7) is 0.125. The van der Waals surface area contributed by atoms with E-state index in [2.05, 4.69) is 160 Å². The van der Waals surface area contributed by atoms with Gasteiger partial charge in [-0.3, -0.25) is 0 Å². The van der Waals surface area contributed by atoms with Gasteiger partial charge < -0.3 is 14.4 Å². The third-order valence-corrected chi connectivity index (χ3v) is 10.6. The number of hydrogen-bond donors (Lipinski definition) is 0. The van der Waals surface area contributed by atoms with Crippen LogP contribution < -0.4 is 26.2 Å². The summed E-state index contributed by atoms with van der Waals surface area (Å²) in [5.41, 5.74) is 17.0. The normalized spacial score (nSPS) is 14.7. The first-order valence-corrected chi connectivity index (χ1v) is 17.0. The zero-order valence-electron chi connectivity index (χ0n) is 26.3. The molecule has 1 aliphatic carbocycles. The molecule has 0 amide bonds. The van der Waals surface area contributed by atoms with Crippen LogP contribution in [-0.4, -0.2) is 11.3 Å². The smallest absolute Gasteiger partial charge is 0.252 e. The minimum Gasteiger partial charge on any atom is -0.313 e. The van der Waals surface area contributed by atoms with Crippen LogP contribution in [0.15, 0.2) is 146 Å². The maximum absolute atomic E-state index is 2.58. The molecule has 0 radical (unpaired) electrons. The molecular weight excluding hydrogens is 569 g/mol. The third kappa shape index (κ3) is 3.94. The van der Waals surface area contributed by atoms with Crippen LogP contribution in [0.2, 0.25) is 0 Å². The van der Waals surface area contributed by atoms with Crippen molar-refractivity contribution in [2.75, 3.05) is 9.80 Å². The van der Waals surface area contributed by atoms with Crippen molar-refractivity contribution in [2.45, 2.75) is 32.1 Å². The third-order valence-electron chi connectivity index (χ3n) is 10.6. The van der Waals surface area contributed by atoms with Gasteiger partial charge in [-0.15, -0.1) is 0 Å². The van der Waals surface area contributed by atoms with E-state index in [1.165, 1.54) is 92.1 Å². The largest absolute Gasteiger partial charge is 0.313 e. The molecule has 0 saturated carbocycles.